The van der Waals surface area contributed by atoms with Crippen LogP contribution in [-0.4, -0.2) is 28.0 Å². The molecule has 0 amide bonds. The smallest absolute Gasteiger partial charge is 0.195 e. The van der Waals surface area contributed by atoms with Gasteiger partial charge in [-0.2, -0.15) is 5.10 Å². The van der Waals surface area contributed by atoms with Crippen molar-refractivity contribution >= 4 is 12.2 Å². The first-order valence-corrected chi connectivity index (χ1v) is 5.77. The van der Waals surface area contributed by atoms with Crippen molar-refractivity contribution in [3.05, 3.63) is 10.6 Å². The number of nitrogens with one attached hydrogen (secondary N) is 1. The number of aromatic nitrogens is 3. The third-order valence-corrected chi connectivity index (χ3v) is 2.40. The molecule has 15 heavy (non-hydrogen) atoms. The van der Waals surface area contributed by atoms with Gasteiger partial charge in [0, 0.05) is 19.6 Å². The molecule has 0 aliphatic rings. The first kappa shape index (κ1) is 12.4. The molecular formula is C10H19N3OS. The Balaban J connectivity index is 2.66. The molecule has 1 aromatic heterocycles. The minimum absolute atomic E-state index is 0.584. The van der Waals surface area contributed by atoms with E-state index in [0.717, 1.165) is 25.4 Å². The fourth-order valence-electron chi connectivity index (χ4n) is 1.40. The number of rotatable bonds is 6. The van der Waals surface area contributed by atoms with Crippen LogP contribution in [0.25, 0.3) is 0 Å². The molecule has 0 radical (unpaired) electrons. The van der Waals surface area contributed by atoms with E-state index in [9.17, 15) is 0 Å². The standard InChI is InChI=1S/C10H19N3OS/c1-4-14-6-5-13-9(7-8(2)3)11-12-10(13)15/h8H,4-7H2,1-3H3,(H,12,15). The molecule has 0 bridgehead atoms. The molecule has 0 atom stereocenters. The van der Waals surface area contributed by atoms with Crippen molar-refractivity contribution in [2.45, 2.75) is 33.7 Å². The number of H-pyrrole nitrogens is 1. The average Bonchev–Trinajstić information content (AvgIpc) is 2.49. The number of aromatic amines is 1. The van der Waals surface area contributed by atoms with Crippen molar-refractivity contribution in [1.29, 1.82) is 0 Å². The summed E-state index contributed by atoms with van der Waals surface area (Å²) in [6, 6.07) is 0. The summed E-state index contributed by atoms with van der Waals surface area (Å²) in [5.41, 5.74) is 0. The second-order valence-electron chi connectivity index (χ2n) is 3.89. The first-order chi connectivity index (χ1) is 7.15. The third kappa shape index (κ3) is 3.76. The summed E-state index contributed by atoms with van der Waals surface area (Å²) in [6.07, 6.45) is 0.944. The fraction of sp³-hybridized carbons (Fsp3) is 0.800. The Morgan fingerprint density at radius 3 is 2.87 bits per heavy atom. The number of ether oxygens (including phenoxy) is 1. The maximum atomic E-state index is 5.31. The summed E-state index contributed by atoms with van der Waals surface area (Å²) < 4.78 is 8.02. The minimum Gasteiger partial charge on any atom is -0.380 e. The topological polar surface area (TPSA) is 42.8 Å². The van der Waals surface area contributed by atoms with Gasteiger partial charge in [-0.3, -0.25) is 5.10 Å². The van der Waals surface area contributed by atoms with Crippen LogP contribution in [0.1, 0.15) is 26.6 Å². The van der Waals surface area contributed by atoms with Gasteiger partial charge in [-0.05, 0) is 25.1 Å². The molecule has 1 rings (SSSR count). The Hall–Kier alpha value is -0.680. The van der Waals surface area contributed by atoms with Gasteiger partial charge in [0.25, 0.3) is 0 Å². The lowest BCUT2D eigenvalue weighted by Crippen LogP contribution is -2.11. The Morgan fingerprint density at radius 1 is 1.53 bits per heavy atom. The molecule has 0 unspecified atom stereocenters. The zero-order chi connectivity index (χ0) is 11.3. The molecule has 1 aromatic rings. The zero-order valence-electron chi connectivity index (χ0n) is 9.62. The largest absolute Gasteiger partial charge is 0.380 e. The van der Waals surface area contributed by atoms with E-state index in [4.69, 9.17) is 17.0 Å². The van der Waals surface area contributed by atoms with Gasteiger partial charge in [0.15, 0.2) is 4.77 Å². The van der Waals surface area contributed by atoms with Crippen LogP contribution >= 0.6 is 12.2 Å². The van der Waals surface area contributed by atoms with Crippen LogP contribution in [0.5, 0.6) is 0 Å². The van der Waals surface area contributed by atoms with Crippen LogP contribution in [0.2, 0.25) is 0 Å². The van der Waals surface area contributed by atoms with Gasteiger partial charge in [-0.1, -0.05) is 13.8 Å². The molecule has 0 spiro atoms. The van der Waals surface area contributed by atoms with Gasteiger partial charge in [0.05, 0.1) is 6.61 Å². The lowest BCUT2D eigenvalue weighted by molar-refractivity contribution is 0.138. The van der Waals surface area contributed by atoms with Crippen LogP contribution in [0.15, 0.2) is 0 Å². The average molecular weight is 229 g/mol. The summed E-state index contributed by atoms with van der Waals surface area (Å²) in [4.78, 5) is 0. The molecule has 1 N–H and O–H groups in total. The highest BCUT2D eigenvalue weighted by Gasteiger charge is 2.07. The molecule has 4 nitrogen and oxygen atoms in total. The molecule has 1 heterocycles. The summed E-state index contributed by atoms with van der Waals surface area (Å²) >= 11 is 5.16. The second-order valence-corrected chi connectivity index (χ2v) is 4.28. The maximum Gasteiger partial charge on any atom is 0.195 e. The predicted octanol–water partition coefficient (Wildman–Crippen LogP) is 2.18. The van der Waals surface area contributed by atoms with Gasteiger partial charge in [0.2, 0.25) is 0 Å². The predicted molar refractivity (Wildman–Crippen MR) is 62.4 cm³/mol. The lowest BCUT2D eigenvalue weighted by Gasteiger charge is -2.08. The molecule has 86 valence electrons. The summed E-state index contributed by atoms with van der Waals surface area (Å²) in [5, 5.41) is 7.05. The van der Waals surface area contributed by atoms with Gasteiger partial charge >= 0.3 is 0 Å². The number of hydrogen-bond acceptors (Lipinski definition) is 3. The van der Waals surface area contributed by atoms with Gasteiger partial charge in [-0.15, -0.1) is 0 Å². The first-order valence-electron chi connectivity index (χ1n) is 5.37. The molecule has 5 heteroatoms. The monoisotopic (exact) mass is 229 g/mol. The van der Waals surface area contributed by atoms with Crippen LogP contribution in [0.3, 0.4) is 0 Å². The van der Waals surface area contributed by atoms with Crippen molar-refractivity contribution in [2.24, 2.45) is 5.92 Å². The summed E-state index contributed by atoms with van der Waals surface area (Å²) in [7, 11) is 0. The SMILES string of the molecule is CCOCCn1c(CC(C)C)n[nH]c1=S. The Kier molecular flexibility index (Phi) is 4.98. The minimum atomic E-state index is 0.584. The Morgan fingerprint density at radius 2 is 2.27 bits per heavy atom. The van der Waals surface area contributed by atoms with Gasteiger partial charge in [-0.25, -0.2) is 0 Å². The quantitative estimate of drug-likeness (QED) is 0.600. The van der Waals surface area contributed by atoms with Crippen LogP contribution in [-0.2, 0) is 17.7 Å². The van der Waals surface area contributed by atoms with E-state index < -0.39 is 0 Å². The molecular weight excluding hydrogens is 210 g/mol. The number of hydrogen-bond donors (Lipinski definition) is 1. The summed E-state index contributed by atoms with van der Waals surface area (Å²) in [6.45, 7) is 8.55. The van der Waals surface area contributed by atoms with Crippen LogP contribution < -0.4 is 0 Å². The van der Waals surface area contributed by atoms with Crippen molar-refractivity contribution in [3.63, 3.8) is 0 Å². The van der Waals surface area contributed by atoms with Gasteiger partial charge < -0.3 is 9.30 Å². The molecule has 0 aliphatic heterocycles. The molecule has 0 aromatic carbocycles. The number of nitrogens with zero attached hydrogens (tertiary/aromatic N) is 2. The van der Waals surface area contributed by atoms with Crippen molar-refractivity contribution in [3.8, 4) is 0 Å². The third-order valence-electron chi connectivity index (χ3n) is 2.09. The Bertz CT molecular complexity index is 343. The van der Waals surface area contributed by atoms with E-state index in [2.05, 4.69) is 24.0 Å². The molecule has 0 saturated heterocycles. The molecule has 0 saturated carbocycles. The molecule has 0 fully saturated rings. The second kappa shape index (κ2) is 6.02. The highest BCUT2D eigenvalue weighted by molar-refractivity contribution is 7.71. The molecule has 0 aliphatic carbocycles. The Labute approximate surface area is 95.7 Å². The van der Waals surface area contributed by atoms with E-state index in [1.165, 1.54) is 0 Å². The van der Waals surface area contributed by atoms with Crippen LogP contribution in [0, 0.1) is 10.7 Å². The highest BCUT2D eigenvalue weighted by atomic mass is 32.1. The van der Waals surface area contributed by atoms with Crippen LogP contribution in [0.4, 0.5) is 0 Å². The normalized spacial score (nSPS) is 11.2. The maximum absolute atomic E-state index is 5.31. The van der Waals surface area contributed by atoms with Gasteiger partial charge in [0.1, 0.15) is 5.82 Å². The van der Waals surface area contributed by atoms with E-state index >= 15 is 0 Å². The van der Waals surface area contributed by atoms with E-state index in [1.807, 2.05) is 11.5 Å². The van der Waals surface area contributed by atoms with Crippen molar-refractivity contribution in [2.75, 3.05) is 13.2 Å². The fourth-order valence-corrected chi connectivity index (χ4v) is 1.64. The zero-order valence-corrected chi connectivity index (χ0v) is 10.4. The van der Waals surface area contributed by atoms with E-state index in [1.54, 1.807) is 0 Å². The lowest BCUT2D eigenvalue weighted by atomic mass is 10.1. The van der Waals surface area contributed by atoms with E-state index in [0.29, 0.717) is 17.3 Å². The van der Waals surface area contributed by atoms with E-state index in [-0.39, 0.29) is 0 Å². The summed E-state index contributed by atoms with van der Waals surface area (Å²) in [5.74, 6) is 1.61. The highest BCUT2D eigenvalue weighted by Crippen LogP contribution is 2.06. The van der Waals surface area contributed by atoms with Crippen molar-refractivity contribution < 1.29 is 4.74 Å². The van der Waals surface area contributed by atoms with Crippen molar-refractivity contribution in [1.82, 2.24) is 14.8 Å².